The summed E-state index contributed by atoms with van der Waals surface area (Å²) >= 11 is 3.21. The van der Waals surface area contributed by atoms with E-state index in [1.165, 1.54) is 23.3 Å². The minimum Gasteiger partial charge on any atom is -0.448 e. The summed E-state index contributed by atoms with van der Waals surface area (Å²) in [4.78, 5) is 53.0. The zero-order valence-corrected chi connectivity index (χ0v) is 35.2. The van der Waals surface area contributed by atoms with Crippen molar-refractivity contribution in [1.29, 1.82) is 0 Å². The number of nitrogens with one attached hydrogen (secondary N) is 2. The minimum absolute atomic E-state index is 0.000717. The predicted molar refractivity (Wildman–Crippen MR) is 236 cm³/mol. The molecule has 2 aliphatic rings. The Balaban J connectivity index is 1.04. The summed E-state index contributed by atoms with van der Waals surface area (Å²) in [7, 11) is -0.344. The Morgan fingerprint density at radius 3 is 1.81 bits per heavy atom. The number of amides is 2. The van der Waals surface area contributed by atoms with Crippen LogP contribution < -0.4 is 10.6 Å². The SMILES string of the molecule is CON=C(C(=O)NC1C(=O)N2C(C(=O)OC(c3ccccc3)c3ccccc3)=C(I)CS(=O)[C@@H]12)c1csc(NC(c2ccccc2)(c2ccccc2)c2ccccc2)n1. The Labute approximate surface area is 360 Å². The number of ether oxygens (including phenoxy) is 1. The van der Waals surface area contributed by atoms with E-state index in [2.05, 4.69) is 15.8 Å². The zero-order valence-electron chi connectivity index (χ0n) is 31.4. The van der Waals surface area contributed by atoms with Gasteiger partial charge in [0.1, 0.15) is 35.5 Å². The summed E-state index contributed by atoms with van der Waals surface area (Å²) in [5, 5.41) is 11.6. The highest BCUT2D eigenvalue weighted by Crippen LogP contribution is 2.42. The van der Waals surface area contributed by atoms with Crippen molar-refractivity contribution in [2.75, 3.05) is 18.2 Å². The van der Waals surface area contributed by atoms with Crippen LogP contribution in [0.4, 0.5) is 5.13 Å². The van der Waals surface area contributed by atoms with E-state index in [-0.39, 0.29) is 22.9 Å². The van der Waals surface area contributed by atoms with Crippen molar-refractivity contribution in [3.8, 4) is 0 Å². The number of β-lactam (4-membered cyclic amide) rings is 1. The second-order valence-corrected chi connectivity index (χ2v) is 17.3. The molecule has 5 aromatic carbocycles. The quantitative estimate of drug-likeness (QED) is 0.0308. The Morgan fingerprint density at radius 2 is 1.32 bits per heavy atom. The van der Waals surface area contributed by atoms with Crippen LogP contribution in [-0.4, -0.2) is 61.9 Å². The van der Waals surface area contributed by atoms with Crippen molar-refractivity contribution in [3.63, 3.8) is 0 Å². The number of nitrogens with zero attached hydrogens (tertiary/aromatic N) is 3. The largest absolute Gasteiger partial charge is 0.448 e. The number of hydrogen-bond donors (Lipinski definition) is 2. The molecule has 296 valence electrons. The lowest BCUT2D eigenvalue weighted by molar-refractivity contribution is -0.154. The molecule has 3 atom stereocenters. The maximum atomic E-state index is 14.0. The number of aromatic nitrogens is 1. The first-order valence-corrected chi connectivity index (χ1v) is 21.9. The molecular formula is C45H36IN5O6S2. The summed E-state index contributed by atoms with van der Waals surface area (Å²) in [6.07, 6.45) is -0.761. The Bertz CT molecular complexity index is 2420. The standard InChI is InChI=1S/C45H36IN5O6S2/c1-56-50-36(35-27-58-44(47-35)49-45(31-21-11-4-12-22-31,32-23-13-5-14-24-32)33-25-15-6-16-26-33)40(52)48-37-41(53)51-38(34(46)28-59(55)42(37)51)43(54)57-39(29-17-7-2-8-18-29)30-19-9-3-10-20-30/h2-27,37,39,42H,28H2,1H3,(H,47,49)(H,48,52)/t37?,42-,59?/m0/s1. The molecule has 1 fully saturated rings. The lowest BCUT2D eigenvalue weighted by Crippen LogP contribution is -2.73. The van der Waals surface area contributed by atoms with Crippen LogP contribution in [0.3, 0.4) is 0 Å². The van der Waals surface area contributed by atoms with Crippen LogP contribution in [0.25, 0.3) is 0 Å². The number of benzene rings is 5. The highest BCUT2D eigenvalue weighted by molar-refractivity contribution is 14.1. The second-order valence-electron chi connectivity index (χ2n) is 13.6. The molecule has 0 saturated carbocycles. The van der Waals surface area contributed by atoms with Gasteiger partial charge in [-0.3, -0.25) is 18.7 Å². The molecular weight excluding hydrogens is 898 g/mol. The van der Waals surface area contributed by atoms with Gasteiger partial charge in [-0.2, -0.15) is 0 Å². The van der Waals surface area contributed by atoms with Crippen molar-refractivity contribution in [2.24, 2.45) is 5.16 Å². The molecule has 1 saturated heterocycles. The number of hydrogen-bond acceptors (Lipinski definition) is 10. The van der Waals surface area contributed by atoms with Gasteiger partial charge >= 0.3 is 5.97 Å². The van der Waals surface area contributed by atoms with E-state index in [1.807, 2.05) is 174 Å². The number of oxime groups is 1. The fourth-order valence-corrected chi connectivity index (χ4v) is 11.0. The van der Waals surface area contributed by atoms with Crippen molar-refractivity contribution >= 4 is 73.4 Å². The number of esters is 1. The molecule has 11 nitrogen and oxygen atoms in total. The van der Waals surface area contributed by atoms with Gasteiger partial charge in [0.05, 0.1) is 16.6 Å². The van der Waals surface area contributed by atoms with Crippen LogP contribution >= 0.6 is 33.9 Å². The van der Waals surface area contributed by atoms with Crippen molar-refractivity contribution < 1.29 is 28.2 Å². The maximum absolute atomic E-state index is 14.0. The van der Waals surface area contributed by atoms with Crippen LogP contribution in [-0.2, 0) is 40.3 Å². The zero-order chi connectivity index (χ0) is 40.9. The van der Waals surface area contributed by atoms with Crippen molar-refractivity contribution in [3.05, 3.63) is 200 Å². The Hall–Kier alpha value is -5.97. The van der Waals surface area contributed by atoms with Gasteiger partial charge in [0, 0.05) is 8.96 Å². The van der Waals surface area contributed by atoms with Gasteiger partial charge in [-0.05, 0) is 50.4 Å². The fourth-order valence-electron chi connectivity index (χ4n) is 7.36. The van der Waals surface area contributed by atoms with Crippen LogP contribution in [0.2, 0.25) is 0 Å². The first kappa shape index (κ1) is 39.8. The molecule has 2 aliphatic heterocycles. The molecule has 3 heterocycles. The van der Waals surface area contributed by atoms with E-state index < -0.39 is 51.6 Å². The van der Waals surface area contributed by atoms with E-state index >= 15 is 0 Å². The number of halogens is 1. The highest BCUT2D eigenvalue weighted by Gasteiger charge is 2.57. The van der Waals surface area contributed by atoms with E-state index in [9.17, 15) is 18.6 Å². The monoisotopic (exact) mass is 933 g/mol. The first-order valence-electron chi connectivity index (χ1n) is 18.5. The molecule has 14 heteroatoms. The van der Waals surface area contributed by atoms with Gasteiger partial charge < -0.3 is 20.2 Å². The van der Waals surface area contributed by atoms with Crippen molar-refractivity contribution in [2.45, 2.75) is 23.1 Å². The smallest absolute Gasteiger partial charge is 0.356 e. The van der Waals surface area contributed by atoms with Gasteiger partial charge in [-0.1, -0.05) is 157 Å². The second kappa shape index (κ2) is 17.5. The highest BCUT2D eigenvalue weighted by atomic mass is 127. The summed E-state index contributed by atoms with van der Waals surface area (Å²) in [6.45, 7) is 0. The van der Waals surface area contributed by atoms with E-state index in [0.717, 1.165) is 27.8 Å². The molecule has 0 aliphatic carbocycles. The predicted octanol–water partition coefficient (Wildman–Crippen LogP) is 7.29. The number of rotatable bonds is 13. The average Bonchev–Trinajstić information content (AvgIpc) is 3.74. The number of carbonyl (C=O) groups excluding carboxylic acids is 3. The molecule has 2 amide bonds. The van der Waals surface area contributed by atoms with Gasteiger partial charge in [-0.15, -0.1) is 11.3 Å². The third kappa shape index (κ3) is 7.82. The minimum atomic E-state index is -1.65. The third-order valence-electron chi connectivity index (χ3n) is 10.0. The molecule has 2 N–H and O–H groups in total. The molecule has 2 unspecified atom stereocenters. The molecule has 0 radical (unpaired) electrons. The number of thiazole rings is 1. The summed E-state index contributed by atoms with van der Waals surface area (Å²) < 4.78 is 20.1. The lowest BCUT2D eigenvalue weighted by Gasteiger charge is -2.48. The third-order valence-corrected chi connectivity index (χ3v) is 13.8. The fraction of sp³-hybridized carbons (Fsp3) is 0.133. The number of carbonyl (C=O) groups is 3. The molecule has 0 spiro atoms. The van der Waals surface area contributed by atoms with Crippen LogP contribution in [0.1, 0.15) is 39.6 Å². The molecule has 59 heavy (non-hydrogen) atoms. The van der Waals surface area contributed by atoms with Crippen LogP contribution in [0, 0.1) is 0 Å². The molecule has 0 bridgehead atoms. The Morgan fingerprint density at radius 1 is 0.831 bits per heavy atom. The van der Waals surface area contributed by atoms with E-state index in [1.54, 1.807) is 5.38 Å². The van der Waals surface area contributed by atoms with Crippen LogP contribution in [0.15, 0.2) is 171 Å². The topological polar surface area (TPSA) is 139 Å². The van der Waals surface area contributed by atoms with E-state index in [4.69, 9.17) is 14.6 Å². The van der Waals surface area contributed by atoms with Gasteiger partial charge in [-0.25, -0.2) is 9.78 Å². The molecule has 6 aromatic rings. The van der Waals surface area contributed by atoms with Gasteiger partial charge in [0.25, 0.3) is 11.8 Å². The maximum Gasteiger partial charge on any atom is 0.356 e. The number of anilines is 1. The van der Waals surface area contributed by atoms with Crippen molar-refractivity contribution in [1.82, 2.24) is 15.2 Å². The first-order chi connectivity index (χ1) is 28.8. The normalized spacial score (nSPS) is 17.8. The lowest BCUT2D eigenvalue weighted by atomic mass is 9.77. The molecule has 1 aromatic heterocycles. The van der Waals surface area contributed by atoms with E-state index in [0.29, 0.717) is 8.71 Å². The van der Waals surface area contributed by atoms with Gasteiger partial charge in [0.2, 0.25) is 0 Å². The summed E-state index contributed by atoms with van der Waals surface area (Å²) in [5.41, 5.74) is 3.52. The van der Waals surface area contributed by atoms with Gasteiger partial charge in [0.15, 0.2) is 16.9 Å². The Kier molecular flexibility index (Phi) is 11.8. The molecule has 8 rings (SSSR count). The summed E-state index contributed by atoms with van der Waals surface area (Å²) in [5.74, 6) is -2.11. The average molecular weight is 934 g/mol. The summed E-state index contributed by atoms with van der Waals surface area (Å²) in [6, 6.07) is 47.4. The number of fused-ring (bicyclic) bond motifs is 1. The van der Waals surface area contributed by atoms with Crippen LogP contribution in [0.5, 0.6) is 0 Å².